The minimum absolute atomic E-state index is 0.130. The molecule has 1 fully saturated rings. The molecule has 2 rings (SSSR count). The van der Waals surface area contributed by atoms with Gasteiger partial charge in [0.25, 0.3) is 0 Å². The van der Waals surface area contributed by atoms with Crippen LogP contribution in [0.4, 0.5) is 0 Å². The Bertz CT molecular complexity index is 457. The van der Waals surface area contributed by atoms with Crippen LogP contribution in [-0.2, 0) is 10.2 Å². The highest BCUT2D eigenvalue weighted by molar-refractivity contribution is 5.83. The van der Waals surface area contributed by atoms with Gasteiger partial charge in [0.15, 0.2) is 0 Å². The van der Waals surface area contributed by atoms with E-state index < -0.39 is 11.4 Å². The molecule has 3 heteroatoms. The van der Waals surface area contributed by atoms with Crippen molar-refractivity contribution in [3.63, 3.8) is 0 Å². The topological polar surface area (TPSA) is 57.5 Å². The Balaban J connectivity index is 2.47. The van der Waals surface area contributed by atoms with Crippen molar-refractivity contribution in [3.05, 3.63) is 29.3 Å². The van der Waals surface area contributed by atoms with Crippen LogP contribution in [0.2, 0.25) is 0 Å². The number of phenols is 1. The van der Waals surface area contributed by atoms with Crippen LogP contribution in [0.25, 0.3) is 0 Å². The van der Waals surface area contributed by atoms with Gasteiger partial charge in [0.2, 0.25) is 0 Å². The number of hydrogen-bond donors (Lipinski definition) is 2. The second kappa shape index (κ2) is 4.63. The Morgan fingerprint density at radius 3 is 2.33 bits per heavy atom. The standard InChI is InChI=1S/C15H20O3/c1-10(2)11-5-6-12(13(16)9-11)15(14(17)18)7-3-4-8-15/h5-6,9-10,16H,3-4,7-8H2,1-2H3,(H,17,18). The molecule has 0 atom stereocenters. The fourth-order valence-electron chi connectivity index (χ4n) is 2.89. The molecule has 0 amide bonds. The van der Waals surface area contributed by atoms with Crippen LogP contribution in [0.1, 0.15) is 56.6 Å². The molecule has 0 aromatic heterocycles. The normalized spacial score (nSPS) is 18.2. The number of hydrogen-bond acceptors (Lipinski definition) is 2. The summed E-state index contributed by atoms with van der Waals surface area (Å²) >= 11 is 0. The van der Waals surface area contributed by atoms with E-state index in [4.69, 9.17) is 0 Å². The molecule has 0 radical (unpaired) electrons. The molecule has 1 saturated carbocycles. The van der Waals surface area contributed by atoms with Crippen LogP contribution in [0.3, 0.4) is 0 Å². The first-order chi connectivity index (χ1) is 8.47. The lowest BCUT2D eigenvalue weighted by molar-refractivity contribution is -0.143. The van der Waals surface area contributed by atoms with Crippen LogP contribution in [0, 0.1) is 0 Å². The molecule has 0 heterocycles. The number of phenolic OH excluding ortho intramolecular Hbond substituents is 1. The summed E-state index contributed by atoms with van der Waals surface area (Å²) in [4.78, 5) is 11.6. The van der Waals surface area contributed by atoms with Gasteiger partial charge in [0.05, 0.1) is 5.41 Å². The number of carboxylic acids is 1. The van der Waals surface area contributed by atoms with Crippen molar-refractivity contribution in [1.29, 1.82) is 0 Å². The zero-order valence-electron chi connectivity index (χ0n) is 10.9. The number of rotatable bonds is 3. The van der Waals surface area contributed by atoms with Crippen LogP contribution in [0.15, 0.2) is 18.2 Å². The smallest absolute Gasteiger partial charge is 0.314 e. The van der Waals surface area contributed by atoms with E-state index in [9.17, 15) is 15.0 Å². The first-order valence-corrected chi connectivity index (χ1v) is 6.54. The van der Waals surface area contributed by atoms with E-state index >= 15 is 0 Å². The molecule has 1 aromatic carbocycles. The first-order valence-electron chi connectivity index (χ1n) is 6.54. The second-order valence-corrected chi connectivity index (χ2v) is 5.53. The maximum Gasteiger partial charge on any atom is 0.314 e. The van der Waals surface area contributed by atoms with Crippen molar-refractivity contribution in [2.75, 3.05) is 0 Å². The van der Waals surface area contributed by atoms with Gasteiger partial charge in [-0.1, -0.05) is 38.8 Å². The Labute approximate surface area is 107 Å². The average Bonchev–Trinajstić information content (AvgIpc) is 2.78. The third-order valence-corrected chi connectivity index (χ3v) is 4.07. The molecule has 98 valence electrons. The Morgan fingerprint density at radius 1 is 1.28 bits per heavy atom. The molecule has 2 N–H and O–H groups in total. The summed E-state index contributed by atoms with van der Waals surface area (Å²) in [5.41, 5.74) is 0.742. The zero-order chi connectivity index (χ0) is 13.3. The number of benzene rings is 1. The van der Waals surface area contributed by atoms with Gasteiger partial charge in [-0.05, 0) is 30.4 Å². The van der Waals surface area contributed by atoms with Gasteiger partial charge in [0.1, 0.15) is 5.75 Å². The van der Waals surface area contributed by atoms with Gasteiger partial charge in [-0.15, -0.1) is 0 Å². The summed E-state index contributed by atoms with van der Waals surface area (Å²) in [6.07, 6.45) is 3.07. The van der Waals surface area contributed by atoms with Gasteiger partial charge in [-0.25, -0.2) is 0 Å². The lowest BCUT2D eigenvalue weighted by Gasteiger charge is -2.25. The summed E-state index contributed by atoms with van der Waals surface area (Å²) in [5, 5.41) is 19.7. The molecule has 0 unspecified atom stereocenters. The van der Waals surface area contributed by atoms with Crippen molar-refractivity contribution in [2.24, 2.45) is 0 Å². The third-order valence-electron chi connectivity index (χ3n) is 4.07. The van der Waals surface area contributed by atoms with Gasteiger partial charge < -0.3 is 10.2 Å². The molecule has 1 aromatic rings. The van der Waals surface area contributed by atoms with Crippen molar-refractivity contribution in [2.45, 2.75) is 50.9 Å². The number of aliphatic carboxylic acids is 1. The monoisotopic (exact) mass is 248 g/mol. The number of carbonyl (C=O) groups is 1. The SMILES string of the molecule is CC(C)c1ccc(C2(C(=O)O)CCCC2)c(O)c1. The van der Waals surface area contributed by atoms with Crippen LogP contribution >= 0.6 is 0 Å². The Hall–Kier alpha value is -1.51. The summed E-state index contributed by atoms with van der Waals surface area (Å²) in [7, 11) is 0. The van der Waals surface area contributed by atoms with Gasteiger partial charge >= 0.3 is 5.97 Å². The van der Waals surface area contributed by atoms with Crippen molar-refractivity contribution in [3.8, 4) is 5.75 Å². The summed E-state index contributed by atoms with van der Waals surface area (Å²) < 4.78 is 0. The Kier molecular flexibility index (Phi) is 3.33. The maximum absolute atomic E-state index is 11.6. The van der Waals surface area contributed by atoms with E-state index in [1.54, 1.807) is 12.1 Å². The molecule has 0 bridgehead atoms. The molecule has 1 aliphatic carbocycles. The van der Waals surface area contributed by atoms with Crippen molar-refractivity contribution in [1.82, 2.24) is 0 Å². The predicted octanol–water partition coefficient (Wildman–Crippen LogP) is 3.41. The minimum Gasteiger partial charge on any atom is -0.508 e. The third kappa shape index (κ3) is 1.98. The second-order valence-electron chi connectivity index (χ2n) is 5.53. The van der Waals surface area contributed by atoms with E-state index in [1.165, 1.54) is 0 Å². The molecule has 3 nitrogen and oxygen atoms in total. The van der Waals surface area contributed by atoms with Crippen LogP contribution in [0.5, 0.6) is 5.75 Å². The molecule has 0 saturated heterocycles. The molecular formula is C15H20O3. The number of carboxylic acid groups (broad SMARTS) is 1. The quantitative estimate of drug-likeness (QED) is 0.861. The zero-order valence-corrected chi connectivity index (χ0v) is 10.9. The summed E-state index contributed by atoms with van der Waals surface area (Å²) in [6.45, 7) is 4.11. The van der Waals surface area contributed by atoms with E-state index in [-0.39, 0.29) is 5.75 Å². The lowest BCUT2D eigenvalue weighted by atomic mass is 9.78. The lowest BCUT2D eigenvalue weighted by Crippen LogP contribution is -2.32. The largest absolute Gasteiger partial charge is 0.508 e. The minimum atomic E-state index is -0.875. The van der Waals surface area contributed by atoms with E-state index in [2.05, 4.69) is 13.8 Å². The fraction of sp³-hybridized carbons (Fsp3) is 0.533. The summed E-state index contributed by atoms with van der Waals surface area (Å²) in [5.74, 6) is -0.354. The highest BCUT2D eigenvalue weighted by atomic mass is 16.4. The predicted molar refractivity (Wildman–Crippen MR) is 70.0 cm³/mol. The van der Waals surface area contributed by atoms with Crippen molar-refractivity contribution < 1.29 is 15.0 Å². The molecular weight excluding hydrogens is 228 g/mol. The van der Waals surface area contributed by atoms with E-state index in [0.29, 0.717) is 24.3 Å². The molecule has 0 aliphatic heterocycles. The van der Waals surface area contributed by atoms with E-state index in [0.717, 1.165) is 18.4 Å². The van der Waals surface area contributed by atoms with E-state index in [1.807, 2.05) is 6.07 Å². The highest BCUT2D eigenvalue weighted by Crippen LogP contribution is 2.45. The highest BCUT2D eigenvalue weighted by Gasteiger charge is 2.44. The average molecular weight is 248 g/mol. The fourth-order valence-corrected chi connectivity index (χ4v) is 2.89. The Morgan fingerprint density at radius 2 is 1.89 bits per heavy atom. The first kappa shape index (κ1) is 12.9. The van der Waals surface area contributed by atoms with Crippen LogP contribution < -0.4 is 0 Å². The van der Waals surface area contributed by atoms with Gasteiger partial charge in [0, 0.05) is 5.56 Å². The van der Waals surface area contributed by atoms with Crippen molar-refractivity contribution >= 4 is 5.97 Å². The van der Waals surface area contributed by atoms with Gasteiger partial charge in [-0.3, -0.25) is 4.79 Å². The molecule has 0 spiro atoms. The van der Waals surface area contributed by atoms with Gasteiger partial charge in [-0.2, -0.15) is 0 Å². The summed E-state index contributed by atoms with van der Waals surface area (Å²) in [6, 6.07) is 5.44. The van der Waals surface area contributed by atoms with Crippen LogP contribution in [-0.4, -0.2) is 16.2 Å². The molecule has 18 heavy (non-hydrogen) atoms. The number of aromatic hydroxyl groups is 1. The maximum atomic E-state index is 11.6. The molecule has 1 aliphatic rings.